The minimum atomic E-state index is -1.02. The Morgan fingerprint density at radius 2 is 2.18 bits per heavy atom. The fraction of sp³-hybridized carbons (Fsp3) is 0.462. The number of aromatic carboxylic acids is 1. The maximum Gasteiger partial charge on any atom is 0.335 e. The number of carbonyl (C=O) groups is 1. The van der Waals surface area contributed by atoms with E-state index in [0.717, 1.165) is 19.3 Å². The minimum absolute atomic E-state index is 0.168. The van der Waals surface area contributed by atoms with Gasteiger partial charge in [0.05, 0.1) is 5.56 Å². The van der Waals surface area contributed by atoms with Crippen LogP contribution in [-0.4, -0.2) is 17.6 Å². The van der Waals surface area contributed by atoms with E-state index in [-0.39, 0.29) is 16.8 Å². The Hall–Kier alpha value is -1.42. The van der Waals surface area contributed by atoms with Crippen molar-refractivity contribution in [2.75, 3.05) is 6.54 Å². The highest BCUT2D eigenvalue weighted by Crippen LogP contribution is 2.44. The topological polar surface area (TPSA) is 63.3 Å². The van der Waals surface area contributed by atoms with Crippen LogP contribution in [0.15, 0.2) is 12.1 Å². The number of carboxylic acids is 1. The summed E-state index contributed by atoms with van der Waals surface area (Å²) in [6.45, 7) is 1.97. The average Bonchev–Trinajstić information content (AvgIpc) is 2.19. The third-order valence-corrected chi connectivity index (χ3v) is 3.82. The van der Waals surface area contributed by atoms with Crippen molar-refractivity contribution in [1.29, 1.82) is 0 Å². The van der Waals surface area contributed by atoms with Crippen LogP contribution >= 0.6 is 0 Å². The van der Waals surface area contributed by atoms with E-state index in [4.69, 9.17) is 10.8 Å². The van der Waals surface area contributed by atoms with Crippen LogP contribution in [0.2, 0.25) is 0 Å². The van der Waals surface area contributed by atoms with Crippen LogP contribution in [0.3, 0.4) is 0 Å². The Morgan fingerprint density at radius 3 is 2.59 bits per heavy atom. The van der Waals surface area contributed by atoms with Crippen LogP contribution < -0.4 is 5.73 Å². The summed E-state index contributed by atoms with van der Waals surface area (Å²) in [5, 5.41) is 9.06. The number of nitrogens with two attached hydrogens (primary N) is 1. The minimum Gasteiger partial charge on any atom is -0.478 e. The van der Waals surface area contributed by atoms with Gasteiger partial charge in [0.1, 0.15) is 5.82 Å². The summed E-state index contributed by atoms with van der Waals surface area (Å²) >= 11 is 0. The molecule has 0 unspecified atom stereocenters. The summed E-state index contributed by atoms with van der Waals surface area (Å²) in [5.41, 5.74) is 6.46. The van der Waals surface area contributed by atoms with E-state index >= 15 is 0 Å². The van der Waals surface area contributed by atoms with Crippen molar-refractivity contribution in [3.05, 3.63) is 34.6 Å². The number of halogens is 1. The van der Waals surface area contributed by atoms with Crippen molar-refractivity contribution in [2.45, 2.75) is 31.6 Å². The van der Waals surface area contributed by atoms with Gasteiger partial charge in [0.2, 0.25) is 0 Å². The van der Waals surface area contributed by atoms with Crippen molar-refractivity contribution >= 4 is 5.97 Å². The van der Waals surface area contributed by atoms with Gasteiger partial charge in [0.15, 0.2) is 0 Å². The summed E-state index contributed by atoms with van der Waals surface area (Å²) in [5.74, 6) is -1.35. The second kappa shape index (κ2) is 4.11. The van der Waals surface area contributed by atoms with Gasteiger partial charge >= 0.3 is 5.97 Å². The molecule has 0 amide bonds. The summed E-state index contributed by atoms with van der Waals surface area (Å²) < 4.78 is 13.9. The number of rotatable bonds is 3. The molecule has 0 atom stereocenters. The maximum absolute atomic E-state index is 13.9. The van der Waals surface area contributed by atoms with E-state index in [1.54, 1.807) is 6.92 Å². The van der Waals surface area contributed by atoms with Gasteiger partial charge in [0, 0.05) is 12.0 Å². The van der Waals surface area contributed by atoms with E-state index in [1.165, 1.54) is 12.1 Å². The quantitative estimate of drug-likeness (QED) is 0.847. The highest BCUT2D eigenvalue weighted by molar-refractivity contribution is 5.89. The Balaban J connectivity index is 2.54. The predicted molar refractivity (Wildman–Crippen MR) is 62.7 cm³/mol. The smallest absolute Gasteiger partial charge is 0.335 e. The largest absolute Gasteiger partial charge is 0.478 e. The lowest BCUT2D eigenvalue weighted by Gasteiger charge is -2.41. The zero-order chi connectivity index (χ0) is 12.6. The number of benzene rings is 1. The van der Waals surface area contributed by atoms with Crippen molar-refractivity contribution in [3.8, 4) is 0 Å². The average molecular weight is 237 g/mol. The van der Waals surface area contributed by atoms with E-state index in [9.17, 15) is 9.18 Å². The molecule has 17 heavy (non-hydrogen) atoms. The standard InChI is InChI=1S/C13H16FNO2/c1-8-5-11(14)10(6-9(8)12(16)17)13(7-15)3-2-4-13/h5-6H,2-4,7,15H2,1H3,(H,16,17). The number of aryl methyl sites for hydroxylation is 1. The zero-order valence-electron chi connectivity index (χ0n) is 9.79. The maximum atomic E-state index is 13.9. The fourth-order valence-electron chi connectivity index (χ4n) is 2.50. The van der Waals surface area contributed by atoms with Crippen LogP contribution in [0, 0.1) is 12.7 Å². The van der Waals surface area contributed by atoms with Crippen LogP contribution in [-0.2, 0) is 5.41 Å². The summed E-state index contributed by atoms with van der Waals surface area (Å²) in [4.78, 5) is 11.1. The molecule has 1 saturated carbocycles. The van der Waals surface area contributed by atoms with E-state index in [2.05, 4.69) is 0 Å². The van der Waals surface area contributed by atoms with Gasteiger partial charge in [-0.15, -0.1) is 0 Å². The van der Waals surface area contributed by atoms with Gasteiger partial charge in [-0.2, -0.15) is 0 Å². The third-order valence-electron chi connectivity index (χ3n) is 3.82. The number of carboxylic acid groups (broad SMARTS) is 1. The third kappa shape index (κ3) is 1.82. The molecule has 1 aliphatic rings. The Labute approximate surface area is 99.4 Å². The van der Waals surface area contributed by atoms with Crippen molar-refractivity contribution in [1.82, 2.24) is 0 Å². The molecule has 0 aliphatic heterocycles. The molecular formula is C13H16FNO2. The van der Waals surface area contributed by atoms with Crippen LogP contribution in [0.25, 0.3) is 0 Å². The number of hydrogen-bond acceptors (Lipinski definition) is 2. The first-order chi connectivity index (χ1) is 8.00. The molecule has 3 nitrogen and oxygen atoms in total. The molecule has 1 fully saturated rings. The molecule has 4 heteroatoms. The van der Waals surface area contributed by atoms with Crippen molar-refractivity contribution in [3.63, 3.8) is 0 Å². The molecule has 2 rings (SSSR count). The van der Waals surface area contributed by atoms with Crippen molar-refractivity contribution in [2.24, 2.45) is 5.73 Å². The molecule has 92 valence electrons. The Morgan fingerprint density at radius 1 is 1.53 bits per heavy atom. The van der Waals surface area contributed by atoms with Gasteiger partial charge in [-0.05, 0) is 43.0 Å². The molecule has 0 aromatic heterocycles. The first-order valence-corrected chi connectivity index (χ1v) is 5.74. The summed E-state index contributed by atoms with van der Waals surface area (Å²) in [6.07, 6.45) is 2.69. The summed E-state index contributed by atoms with van der Waals surface area (Å²) in [7, 11) is 0. The van der Waals surface area contributed by atoms with Gasteiger partial charge in [-0.25, -0.2) is 9.18 Å². The van der Waals surface area contributed by atoms with Crippen LogP contribution in [0.4, 0.5) is 4.39 Å². The van der Waals surface area contributed by atoms with E-state index in [1.807, 2.05) is 0 Å². The van der Waals surface area contributed by atoms with E-state index in [0.29, 0.717) is 17.7 Å². The van der Waals surface area contributed by atoms with Crippen LogP contribution in [0.1, 0.15) is 40.7 Å². The summed E-state index contributed by atoms with van der Waals surface area (Å²) in [6, 6.07) is 2.76. The first-order valence-electron chi connectivity index (χ1n) is 5.74. The molecule has 1 aromatic rings. The molecule has 0 saturated heterocycles. The molecule has 0 heterocycles. The van der Waals surface area contributed by atoms with Gasteiger partial charge < -0.3 is 10.8 Å². The second-order valence-corrected chi connectivity index (χ2v) is 4.79. The normalized spacial score (nSPS) is 17.6. The molecule has 0 spiro atoms. The van der Waals surface area contributed by atoms with Crippen LogP contribution in [0.5, 0.6) is 0 Å². The Bertz CT molecular complexity index is 461. The van der Waals surface area contributed by atoms with Gasteiger partial charge in [-0.3, -0.25) is 0 Å². The lowest BCUT2D eigenvalue weighted by molar-refractivity contribution is 0.0695. The molecule has 1 aromatic carbocycles. The second-order valence-electron chi connectivity index (χ2n) is 4.79. The predicted octanol–water partition coefficient (Wildman–Crippen LogP) is 2.21. The molecule has 3 N–H and O–H groups in total. The van der Waals surface area contributed by atoms with E-state index < -0.39 is 5.97 Å². The molecule has 0 radical (unpaired) electrons. The monoisotopic (exact) mass is 237 g/mol. The van der Waals surface area contributed by atoms with Gasteiger partial charge in [0.25, 0.3) is 0 Å². The molecular weight excluding hydrogens is 221 g/mol. The molecule has 0 bridgehead atoms. The lowest BCUT2D eigenvalue weighted by atomic mass is 9.64. The fourth-order valence-corrected chi connectivity index (χ4v) is 2.50. The molecule has 1 aliphatic carbocycles. The highest BCUT2D eigenvalue weighted by atomic mass is 19.1. The van der Waals surface area contributed by atoms with Gasteiger partial charge in [-0.1, -0.05) is 6.42 Å². The number of hydrogen-bond donors (Lipinski definition) is 2. The van der Waals surface area contributed by atoms with Crippen molar-refractivity contribution < 1.29 is 14.3 Å². The SMILES string of the molecule is Cc1cc(F)c(C2(CN)CCC2)cc1C(=O)O. The lowest BCUT2D eigenvalue weighted by Crippen LogP contribution is -2.42. The highest BCUT2D eigenvalue weighted by Gasteiger charge is 2.39. The zero-order valence-corrected chi connectivity index (χ0v) is 9.79. The first kappa shape index (κ1) is 12.0. The Kier molecular flexibility index (Phi) is 2.91.